The number of anilines is 1. The summed E-state index contributed by atoms with van der Waals surface area (Å²) in [4.78, 5) is 11.2. The molecule has 0 atom stereocenters. The Morgan fingerprint density at radius 2 is 1.34 bits per heavy atom. The number of hydrogen-bond acceptors (Lipinski definition) is 5. The van der Waals surface area contributed by atoms with Gasteiger partial charge in [-0.1, -0.05) is 0 Å². The van der Waals surface area contributed by atoms with Crippen LogP contribution in [0.5, 0.6) is 11.9 Å². The van der Waals surface area contributed by atoms with Crippen LogP contribution in [0, 0.1) is 0 Å². The molecule has 4 rings (SSSR count). The monoisotopic (exact) mass is 541 g/mol. The van der Waals surface area contributed by atoms with Crippen molar-refractivity contribution >= 4 is 33.8 Å². The SMILES string of the molecule is CN(C)c1ccc([Te]c2cnc(OCc3ccccc3)nc2OCc2ccccc2)cc1. The van der Waals surface area contributed by atoms with Crippen molar-refractivity contribution in [2.45, 2.75) is 13.2 Å². The first kappa shape index (κ1) is 22.1. The van der Waals surface area contributed by atoms with Crippen molar-refractivity contribution in [3.05, 3.63) is 102 Å². The van der Waals surface area contributed by atoms with E-state index in [-0.39, 0.29) is 0 Å². The Morgan fingerprint density at radius 3 is 1.94 bits per heavy atom. The molecule has 0 bridgehead atoms. The van der Waals surface area contributed by atoms with Crippen LogP contribution in [0.15, 0.2) is 91.1 Å². The summed E-state index contributed by atoms with van der Waals surface area (Å²) in [6.45, 7) is 0.872. The standard InChI is InChI=1S/C26H25N3O2Te/c1-29(2)22-13-15-23(16-14-22)32-24-17-27-26(31-19-21-11-7-4-8-12-21)28-25(24)30-18-20-9-5-3-6-10-20/h3-17H,18-19H2,1-2H3. The van der Waals surface area contributed by atoms with E-state index < -0.39 is 20.9 Å². The molecule has 0 amide bonds. The van der Waals surface area contributed by atoms with Crippen LogP contribution in [-0.2, 0) is 13.2 Å². The van der Waals surface area contributed by atoms with E-state index in [0.717, 1.165) is 14.7 Å². The van der Waals surface area contributed by atoms with E-state index >= 15 is 0 Å². The normalized spacial score (nSPS) is 10.6. The summed E-state index contributed by atoms with van der Waals surface area (Å²) < 4.78 is 14.3. The molecule has 162 valence electrons. The zero-order valence-corrected chi connectivity index (χ0v) is 20.5. The Kier molecular flexibility index (Phi) is 7.60. The second-order valence-corrected chi connectivity index (χ2v) is 10.5. The van der Waals surface area contributed by atoms with E-state index in [0.29, 0.717) is 25.1 Å². The average Bonchev–Trinajstić information content (AvgIpc) is 2.84. The Bertz CT molecular complexity index is 1120. The third-order valence-electron chi connectivity index (χ3n) is 4.71. The van der Waals surface area contributed by atoms with E-state index in [1.165, 1.54) is 9.30 Å². The third-order valence-corrected chi connectivity index (χ3v) is 7.59. The molecule has 0 saturated heterocycles. The second-order valence-electron chi connectivity index (χ2n) is 7.36. The van der Waals surface area contributed by atoms with E-state index in [4.69, 9.17) is 9.47 Å². The molecule has 0 fully saturated rings. The molecule has 3 aromatic carbocycles. The number of nitrogens with zero attached hydrogens (tertiary/aromatic N) is 3. The molecule has 0 N–H and O–H groups in total. The quantitative estimate of drug-likeness (QED) is 0.306. The van der Waals surface area contributed by atoms with Gasteiger partial charge in [0.25, 0.3) is 0 Å². The Morgan fingerprint density at radius 1 is 0.750 bits per heavy atom. The number of rotatable bonds is 9. The molecule has 0 unspecified atom stereocenters. The van der Waals surface area contributed by atoms with Gasteiger partial charge in [-0.2, -0.15) is 0 Å². The summed E-state index contributed by atoms with van der Waals surface area (Å²) in [5.74, 6) is 0.603. The summed E-state index contributed by atoms with van der Waals surface area (Å²) in [5.41, 5.74) is 3.35. The van der Waals surface area contributed by atoms with Crippen molar-refractivity contribution < 1.29 is 9.47 Å². The van der Waals surface area contributed by atoms with Gasteiger partial charge in [0.2, 0.25) is 0 Å². The summed E-state index contributed by atoms with van der Waals surface area (Å²) >= 11 is -0.713. The number of aromatic nitrogens is 2. The summed E-state index contributed by atoms with van der Waals surface area (Å²) in [6, 6.07) is 29.1. The van der Waals surface area contributed by atoms with Crippen LogP contribution in [0.2, 0.25) is 0 Å². The molecule has 0 aliphatic rings. The van der Waals surface area contributed by atoms with Crippen molar-refractivity contribution in [3.8, 4) is 11.9 Å². The van der Waals surface area contributed by atoms with Crippen LogP contribution >= 0.6 is 0 Å². The van der Waals surface area contributed by atoms with Crippen molar-refractivity contribution in [3.63, 3.8) is 0 Å². The van der Waals surface area contributed by atoms with Gasteiger partial charge in [0.15, 0.2) is 0 Å². The summed E-state index contributed by atoms with van der Waals surface area (Å²) in [7, 11) is 4.09. The van der Waals surface area contributed by atoms with Crippen LogP contribution < -0.4 is 21.6 Å². The van der Waals surface area contributed by atoms with E-state index in [9.17, 15) is 0 Å². The molecule has 0 aliphatic heterocycles. The summed E-state index contributed by atoms with van der Waals surface area (Å²) in [5, 5.41) is 0. The van der Waals surface area contributed by atoms with Gasteiger partial charge in [0.1, 0.15) is 0 Å². The molecular weight excluding hydrogens is 514 g/mol. The number of hydrogen-bond donors (Lipinski definition) is 0. The molecular formula is C26H25N3O2Te. The molecule has 6 heteroatoms. The van der Waals surface area contributed by atoms with Gasteiger partial charge < -0.3 is 0 Å². The van der Waals surface area contributed by atoms with Gasteiger partial charge in [-0.05, 0) is 0 Å². The van der Waals surface area contributed by atoms with Gasteiger partial charge in [-0.3, -0.25) is 0 Å². The van der Waals surface area contributed by atoms with Gasteiger partial charge in [0, 0.05) is 0 Å². The van der Waals surface area contributed by atoms with Crippen LogP contribution in [0.4, 0.5) is 5.69 Å². The minimum absolute atomic E-state index is 0.330. The topological polar surface area (TPSA) is 47.5 Å². The first-order valence-corrected chi connectivity index (χ1v) is 12.7. The molecule has 0 spiro atoms. The Hall–Kier alpha value is -3.07. The molecule has 0 aliphatic carbocycles. The van der Waals surface area contributed by atoms with Crippen LogP contribution in [0.1, 0.15) is 11.1 Å². The fourth-order valence-electron chi connectivity index (χ4n) is 2.97. The molecule has 0 radical (unpaired) electrons. The fraction of sp³-hybridized carbons (Fsp3) is 0.154. The predicted octanol–water partition coefficient (Wildman–Crippen LogP) is 3.36. The molecule has 0 saturated carbocycles. The molecule has 32 heavy (non-hydrogen) atoms. The van der Waals surface area contributed by atoms with Crippen molar-refractivity contribution in [2.24, 2.45) is 0 Å². The Balaban J connectivity index is 1.53. The zero-order valence-electron chi connectivity index (χ0n) is 18.1. The van der Waals surface area contributed by atoms with Crippen LogP contribution in [-0.4, -0.2) is 45.0 Å². The Labute approximate surface area is 199 Å². The van der Waals surface area contributed by atoms with Gasteiger partial charge in [0.05, 0.1) is 0 Å². The van der Waals surface area contributed by atoms with Crippen LogP contribution in [0.3, 0.4) is 0 Å². The number of ether oxygens (including phenoxy) is 2. The maximum atomic E-state index is 6.14. The van der Waals surface area contributed by atoms with E-state index in [2.05, 4.69) is 39.1 Å². The molecule has 1 aromatic heterocycles. The van der Waals surface area contributed by atoms with Gasteiger partial charge >= 0.3 is 200 Å². The van der Waals surface area contributed by atoms with E-state index in [1.807, 2.05) is 81.0 Å². The van der Waals surface area contributed by atoms with E-state index in [1.54, 1.807) is 0 Å². The molecule has 4 aromatic rings. The maximum absolute atomic E-state index is 6.14. The fourth-order valence-corrected chi connectivity index (χ4v) is 5.32. The summed E-state index contributed by atoms with van der Waals surface area (Å²) in [6.07, 6.45) is 1.86. The molecule has 1 heterocycles. The third kappa shape index (κ3) is 6.23. The van der Waals surface area contributed by atoms with Gasteiger partial charge in [-0.25, -0.2) is 0 Å². The minimum atomic E-state index is -0.713. The predicted molar refractivity (Wildman–Crippen MR) is 129 cm³/mol. The average molecular weight is 539 g/mol. The zero-order chi connectivity index (χ0) is 22.2. The van der Waals surface area contributed by atoms with Gasteiger partial charge in [-0.15, -0.1) is 0 Å². The molecule has 5 nitrogen and oxygen atoms in total. The van der Waals surface area contributed by atoms with Crippen molar-refractivity contribution in [1.82, 2.24) is 9.97 Å². The van der Waals surface area contributed by atoms with Crippen molar-refractivity contribution in [2.75, 3.05) is 19.0 Å². The number of benzene rings is 3. The first-order valence-electron chi connectivity index (χ1n) is 10.3. The van der Waals surface area contributed by atoms with Crippen LogP contribution in [0.25, 0.3) is 0 Å². The second kappa shape index (κ2) is 11.0. The first-order chi connectivity index (χ1) is 15.7. The van der Waals surface area contributed by atoms with Crippen molar-refractivity contribution in [1.29, 1.82) is 0 Å².